The third kappa shape index (κ3) is 4.62. The zero-order valence-corrected chi connectivity index (χ0v) is 19.8. The second kappa shape index (κ2) is 9.61. The van der Waals surface area contributed by atoms with E-state index < -0.39 is 0 Å². The van der Waals surface area contributed by atoms with Gasteiger partial charge in [0, 0.05) is 48.1 Å². The number of ether oxygens (including phenoxy) is 1. The van der Waals surface area contributed by atoms with E-state index >= 15 is 0 Å². The minimum atomic E-state index is -0.129. The van der Waals surface area contributed by atoms with Crippen molar-refractivity contribution in [2.45, 2.75) is 32.6 Å². The number of nitrogens with zero attached hydrogens (tertiary/aromatic N) is 4. The Balaban J connectivity index is 1.21. The molecule has 5 rings (SSSR count). The van der Waals surface area contributed by atoms with E-state index in [2.05, 4.69) is 15.1 Å². The fourth-order valence-electron chi connectivity index (χ4n) is 4.49. The Morgan fingerprint density at radius 1 is 1.06 bits per heavy atom. The summed E-state index contributed by atoms with van der Waals surface area (Å²) >= 11 is 0. The Morgan fingerprint density at radius 2 is 1.80 bits per heavy atom. The average molecular weight is 474 g/mol. The Kier molecular flexibility index (Phi) is 6.22. The van der Waals surface area contributed by atoms with Gasteiger partial charge in [-0.2, -0.15) is 4.98 Å². The van der Waals surface area contributed by atoms with Gasteiger partial charge in [0.2, 0.25) is 23.5 Å². The molecule has 0 bridgehead atoms. The fourth-order valence-corrected chi connectivity index (χ4v) is 4.49. The molecular weight excluding hydrogens is 446 g/mol. The normalized spacial score (nSPS) is 13.5. The molecule has 35 heavy (non-hydrogen) atoms. The summed E-state index contributed by atoms with van der Waals surface area (Å²) in [5.74, 6) is 1.38. The van der Waals surface area contributed by atoms with Crippen LogP contribution in [0.2, 0.25) is 0 Å². The quantitative estimate of drug-likeness (QED) is 0.439. The van der Waals surface area contributed by atoms with Crippen molar-refractivity contribution in [3.05, 3.63) is 65.7 Å². The minimum Gasteiger partial charge on any atom is -0.497 e. The van der Waals surface area contributed by atoms with Gasteiger partial charge in [0.1, 0.15) is 5.75 Å². The van der Waals surface area contributed by atoms with Crippen LogP contribution >= 0.6 is 0 Å². The van der Waals surface area contributed by atoms with E-state index in [1.165, 1.54) is 0 Å². The molecule has 1 aliphatic rings. The third-order valence-electron chi connectivity index (χ3n) is 6.33. The molecule has 4 aromatic rings. The number of aryl methyl sites for hydroxylation is 2. The van der Waals surface area contributed by atoms with E-state index in [0.29, 0.717) is 31.2 Å². The Bertz CT molecular complexity index is 1360. The van der Waals surface area contributed by atoms with E-state index in [-0.39, 0.29) is 24.7 Å². The maximum atomic E-state index is 13.2. The van der Waals surface area contributed by atoms with Crippen LogP contribution in [0.3, 0.4) is 0 Å². The van der Waals surface area contributed by atoms with Gasteiger partial charge >= 0.3 is 0 Å². The number of aromatic amines is 1. The molecule has 2 aromatic carbocycles. The van der Waals surface area contributed by atoms with Crippen molar-refractivity contribution < 1.29 is 18.8 Å². The SMILES string of the molecule is COc1ccc(-c2noc(CCC(=O)N3CCCN3C(=O)Cc3c(C)[nH]c4ccccc34)n2)cc1. The summed E-state index contributed by atoms with van der Waals surface area (Å²) in [5, 5.41) is 8.20. The van der Waals surface area contributed by atoms with Crippen LogP contribution < -0.4 is 4.74 Å². The summed E-state index contributed by atoms with van der Waals surface area (Å²) in [5.41, 5.74) is 3.76. The van der Waals surface area contributed by atoms with Gasteiger partial charge < -0.3 is 14.2 Å². The van der Waals surface area contributed by atoms with Crippen molar-refractivity contribution >= 4 is 22.7 Å². The molecule has 0 radical (unpaired) electrons. The van der Waals surface area contributed by atoms with Crippen LogP contribution in [-0.2, 0) is 22.4 Å². The molecular formula is C26H27N5O4. The topological polar surface area (TPSA) is 105 Å². The predicted molar refractivity (Wildman–Crippen MR) is 129 cm³/mol. The van der Waals surface area contributed by atoms with Gasteiger partial charge in [0.15, 0.2) is 0 Å². The molecule has 1 fully saturated rings. The number of fused-ring (bicyclic) bond motifs is 1. The summed E-state index contributed by atoms with van der Waals surface area (Å²) < 4.78 is 10.5. The number of H-pyrrole nitrogens is 1. The van der Waals surface area contributed by atoms with Gasteiger partial charge in [0.05, 0.1) is 13.5 Å². The summed E-state index contributed by atoms with van der Waals surface area (Å²) in [6.07, 6.45) is 1.49. The molecule has 2 aromatic heterocycles. The van der Waals surface area contributed by atoms with E-state index in [9.17, 15) is 9.59 Å². The van der Waals surface area contributed by atoms with Gasteiger partial charge in [-0.1, -0.05) is 23.4 Å². The minimum absolute atomic E-state index is 0.0803. The van der Waals surface area contributed by atoms with Crippen molar-refractivity contribution in [2.75, 3.05) is 20.2 Å². The van der Waals surface area contributed by atoms with Crippen molar-refractivity contribution in [1.29, 1.82) is 0 Å². The summed E-state index contributed by atoms with van der Waals surface area (Å²) in [7, 11) is 1.61. The van der Waals surface area contributed by atoms with Gasteiger partial charge in [-0.3, -0.25) is 19.6 Å². The standard InChI is InChI=1S/C26H27N5O4/c1-17-21(20-6-3-4-7-22(20)27-17)16-25(33)31-15-5-14-30(31)24(32)13-12-23-28-26(29-35-23)18-8-10-19(34-2)11-9-18/h3-4,6-11,27H,5,12-16H2,1-2H3. The van der Waals surface area contributed by atoms with Crippen LogP contribution in [0.1, 0.15) is 30.0 Å². The molecule has 9 nitrogen and oxygen atoms in total. The van der Waals surface area contributed by atoms with E-state index in [1.54, 1.807) is 17.1 Å². The molecule has 1 N–H and O–H groups in total. The zero-order valence-electron chi connectivity index (χ0n) is 19.8. The van der Waals surface area contributed by atoms with Crippen LogP contribution in [0.25, 0.3) is 22.3 Å². The second-order valence-corrected chi connectivity index (χ2v) is 8.58. The Labute approximate surface area is 202 Å². The van der Waals surface area contributed by atoms with Gasteiger partial charge in [0.25, 0.3) is 0 Å². The van der Waals surface area contributed by atoms with E-state index in [1.807, 2.05) is 55.5 Å². The van der Waals surface area contributed by atoms with Crippen LogP contribution in [0.5, 0.6) is 5.75 Å². The van der Waals surface area contributed by atoms with E-state index in [4.69, 9.17) is 9.26 Å². The number of amides is 2. The zero-order chi connectivity index (χ0) is 24.4. The van der Waals surface area contributed by atoms with Crippen LogP contribution in [0.4, 0.5) is 0 Å². The van der Waals surface area contributed by atoms with Crippen molar-refractivity contribution in [3.8, 4) is 17.1 Å². The molecule has 1 saturated heterocycles. The number of hydrogen-bond donors (Lipinski definition) is 1. The monoisotopic (exact) mass is 473 g/mol. The molecule has 180 valence electrons. The maximum Gasteiger partial charge on any atom is 0.245 e. The van der Waals surface area contributed by atoms with Crippen LogP contribution in [0.15, 0.2) is 53.1 Å². The molecule has 9 heteroatoms. The first-order chi connectivity index (χ1) is 17.0. The molecule has 0 aliphatic carbocycles. The highest BCUT2D eigenvalue weighted by molar-refractivity contribution is 5.91. The highest BCUT2D eigenvalue weighted by Crippen LogP contribution is 2.24. The lowest BCUT2D eigenvalue weighted by molar-refractivity contribution is -0.157. The lowest BCUT2D eigenvalue weighted by atomic mass is 10.1. The Hall–Kier alpha value is -4.14. The first-order valence-corrected chi connectivity index (χ1v) is 11.7. The van der Waals surface area contributed by atoms with Crippen molar-refractivity contribution in [1.82, 2.24) is 25.1 Å². The summed E-state index contributed by atoms with van der Waals surface area (Å²) in [4.78, 5) is 33.9. The molecule has 3 heterocycles. The number of hydrazine groups is 1. The molecule has 0 atom stereocenters. The third-order valence-corrected chi connectivity index (χ3v) is 6.33. The number of methoxy groups -OCH3 is 1. The number of carbonyl (C=O) groups excluding carboxylic acids is 2. The van der Waals surface area contributed by atoms with Crippen LogP contribution in [0, 0.1) is 6.92 Å². The molecule has 0 saturated carbocycles. The molecule has 0 unspecified atom stereocenters. The summed E-state index contributed by atoms with van der Waals surface area (Å²) in [6.45, 7) is 3.03. The van der Waals surface area contributed by atoms with Crippen LogP contribution in [-0.4, -0.2) is 57.2 Å². The lowest BCUT2D eigenvalue weighted by Gasteiger charge is -2.28. The van der Waals surface area contributed by atoms with Gasteiger partial charge in [-0.25, -0.2) is 0 Å². The molecule has 2 amide bonds. The highest BCUT2D eigenvalue weighted by Gasteiger charge is 2.31. The predicted octanol–water partition coefficient (Wildman–Crippen LogP) is 3.69. The largest absolute Gasteiger partial charge is 0.497 e. The van der Waals surface area contributed by atoms with Gasteiger partial charge in [-0.05, 0) is 49.2 Å². The second-order valence-electron chi connectivity index (χ2n) is 8.58. The average Bonchev–Trinajstić information content (AvgIpc) is 3.62. The van der Waals surface area contributed by atoms with Gasteiger partial charge in [-0.15, -0.1) is 0 Å². The summed E-state index contributed by atoms with van der Waals surface area (Å²) in [6, 6.07) is 15.3. The number of aromatic nitrogens is 3. The number of benzene rings is 2. The highest BCUT2D eigenvalue weighted by atomic mass is 16.5. The number of rotatable bonds is 7. The molecule has 1 aliphatic heterocycles. The number of para-hydroxylation sites is 1. The number of hydrogen-bond acceptors (Lipinski definition) is 6. The maximum absolute atomic E-state index is 13.2. The number of carbonyl (C=O) groups is 2. The van der Waals surface area contributed by atoms with Crippen molar-refractivity contribution in [3.63, 3.8) is 0 Å². The lowest BCUT2D eigenvalue weighted by Crippen LogP contribution is -2.45. The smallest absolute Gasteiger partial charge is 0.245 e. The first kappa shape index (κ1) is 22.6. The first-order valence-electron chi connectivity index (χ1n) is 11.7. The number of nitrogens with one attached hydrogen (secondary N) is 1. The fraction of sp³-hybridized carbons (Fsp3) is 0.308. The van der Waals surface area contributed by atoms with E-state index in [0.717, 1.165) is 39.9 Å². The van der Waals surface area contributed by atoms with Crippen molar-refractivity contribution in [2.24, 2.45) is 0 Å². The molecule has 0 spiro atoms. The Morgan fingerprint density at radius 3 is 2.57 bits per heavy atom.